The summed E-state index contributed by atoms with van der Waals surface area (Å²) in [6.45, 7) is 0. The molecule has 1 amide bonds. The van der Waals surface area contributed by atoms with Crippen molar-refractivity contribution < 1.29 is 9.59 Å². The Morgan fingerprint density at radius 2 is 1.76 bits per heavy atom. The number of nitrogens with one attached hydrogen (secondary N) is 1. The molecule has 2 heterocycles. The number of hydrogen-bond donors (Lipinski definition) is 1. The molecular weight excluding hydrogens is 456 g/mol. The minimum absolute atomic E-state index is 0.189. The number of hydrogen-bond acceptors (Lipinski definition) is 6. The summed E-state index contributed by atoms with van der Waals surface area (Å²) < 4.78 is 0. The van der Waals surface area contributed by atoms with Crippen LogP contribution in [0.1, 0.15) is 21.5 Å². The van der Waals surface area contributed by atoms with Crippen LogP contribution in [-0.2, 0) is 4.79 Å². The van der Waals surface area contributed by atoms with E-state index in [9.17, 15) is 9.59 Å². The van der Waals surface area contributed by atoms with Gasteiger partial charge in [-0.1, -0.05) is 54.1 Å². The van der Waals surface area contributed by atoms with Crippen LogP contribution in [0.15, 0.2) is 89.0 Å². The number of halogens is 1. The molecule has 1 aliphatic heterocycles. The van der Waals surface area contributed by atoms with Gasteiger partial charge < -0.3 is 5.32 Å². The average molecular weight is 471 g/mol. The summed E-state index contributed by atoms with van der Waals surface area (Å²) in [4.78, 5) is 38.8. The largest absolute Gasteiger partial charge is 0.300 e. The highest BCUT2D eigenvalue weighted by molar-refractivity contribution is 8.18. The smallest absolute Gasteiger partial charge is 0.264 e. The van der Waals surface area contributed by atoms with Crippen molar-refractivity contribution in [1.82, 2.24) is 15.3 Å². The Hall–Kier alpha value is -3.81. The second kappa shape index (κ2) is 8.97. The van der Waals surface area contributed by atoms with Crippen molar-refractivity contribution in [2.24, 2.45) is 4.99 Å². The average Bonchev–Trinajstić information content (AvgIpc) is 3.19. The Kier molecular flexibility index (Phi) is 5.73. The van der Waals surface area contributed by atoms with Crippen LogP contribution in [0.2, 0.25) is 5.02 Å². The third kappa shape index (κ3) is 4.41. The van der Waals surface area contributed by atoms with Crippen LogP contribution < -0.4 is 5.32 Å². The zero-order chi connectivity index (χ0) is 22.8. The number of thioether (sulfide) groups is 1. The molecule has 1 fully saturated rings. The summed E-state index contributed by atoms with van der Waals surface area (Å²) in [6.07, 6.45) is 5.03. The van der Waals surface area contributed by atoms with E-state index in [4.69, 9.17) is 11.6 Å². The second-order valence-corrected chi connectivity index (χ2v) is 8.53. The first kappa shape index (κ1) is 21.1. The summed E-state index contributed by atoms with van der Waals surface area (Å²) >= 11 is 7.72. The van der Waals surface area contributed by atoms with E-state index in [0.717, 1.165) is 16.6 Å². The molecule has 6 nitrogen and oxygen atoms in total. The van der Waals surface area contributed by atoms with Gasteiger partial charge in [0.05, 0.1) is 26.6 Å². The molecule has 0 unspecified atom stereocenters. The van der Waals surface area contributed by atoms with Crippen LogP contribution in [0.5, 0.6) is 0 Å². The number of aliphatic imine (C=N–C) groups is 1. The van der Waals surface area contributed by atoms with Crippen LogP contribution >= 0.6 is 23.4 Å². The summed E-state index contributed by atoms with van der Waals surface area (Å²) in [5.41, 5.74) is 3.66. The van der Waals surface area contributed by atoms with Crippen molar-refractivity contribution in [1.29, 1.82) is 0 Å². The number of carbonyl (C=O) groups is 2. The maximum atomic E-state index is 12.8. The molecule has 8 heteroatoms. The normalized spacial score (nSPS) is 15.8. The Bertz CT molecular complexity index is 1470. The van der Waals surface area contributed by atoms with Gasteiger partial charge in [-0.3, -0.25) is 19.6 Å². The molecule has 1 aliphatic rings. The summed E-state index contributed by atoms with van der Waals surface area (Å²) in [6, 6.07) is 19.6. The van der Waals surface area contributed by atoms with E-state index in [2.05, 4.69) is 20.3 Å². The molecular formula is C25H15ClN4O2S. The first-order valence-corrected chi connectivity index (χ1v) is 11.2. The highest BCUT2D eigenvalue weighted by Gasteiger charge is 2.24. The minimum atomic E-state index is -0.259. The molecule has 1 aromatic heterocycles. The molecule has 0 radical (unpaired) electrons. The Labute approximate surface area is 198 Å². The predicted octanol–water partition coefficient (Wildman–Crippen LogP) is 5.41. The summed E-state index contributed by atoms with van der Waals surface area (Å²) in [5, 5.41) is 3.37. The van der Waals surface area contributed by atoms with Crippen molar-refractivity contribution in [3.05, 3.63) is 106 Å². The summed E-state index contributed by atoms with van der Waals surface area (Å²) in [7, 11) is 0. The predicted molar refractivity (Wildman–Crippen MR) is 132 cm³/mol. The number of amides is 1. The Balaban J connectivity index is 1.42. The molecule has 0 spiro atoms. The van der Waals surface area contributed by atoms with Crippen LogP contribution in [0, 0.1) is 0 Å². The number of amidine groups is 1. The van der Waals surface area contributed by atoms with Crippen molar-refractivity contribution in [2.75, 3.05) is 0 Å². The number of nitrogens with zero attached hydrogens (tertiary/aromatic N) is 3. The van der Waals surface area contributed by atoms with Crippen molar-refractivity contribution in [3.63, 3.8) is 0 Å². The molecule has 33 heavy (non-hydrogen) atoms. The SMILES string of the molecule is O=C1NC(=Nc2cccc(C(=O)c3ccccc3)c2Cl)SC1=Cc1ccc2nccnc2c1. The lowest BCUT2D eigenvalue weighted by molar-refractivity contribution is -0.115. The molecule has 4 aromatic rings. The second-order valence-electron chi connectivity index (χ2n) is 7.12. The quantitative estimate of drug-likeness (QED) is 0.318. The highest BCUT2D eigenvalue weighted by atomic mass is 35.5. The van der Waals surface area contributed by atoms with E-state index >= 15 is 0 Å². The van der Waals surface area contributed by atoms with Gasteiger partial charge in [-0.15, -0.1) is 0 Å². The molecule has 5 rings (SSSR count). The lowest BCUT2D eigenvalue weighted by Crippen LogP contribution is -2.19. The lowest BCUT2D eigenvalue weighted by atomic mass is 10.0. The fraction of sp³-hybridized carbons (Fsp3) is 0. The molecule has 0 bridgehead atoms. The third-order valence-corrected chi connectivity index (χ3v) is 6.23. The molecule has 1 saturated heterocycles. The maximum Gasteiger partial charge on any atom is 0.264 e. The number of rotatable bonds is 4. The van der Waals surface area contributed by atoms with E-state index in [1.54, 1.807) is 60.9 Å². The first-order chi connectivity index (χ1) is 16.1. The number of carbonyl (C=O) groups excluding carboxylic acids is 2. The van der Waals surface area contributed by atoms with E-state index < -0.39 is 0 Å². The summed E-state index contributed by atoms with van der Waals surface area (Å²) in [5.74, 6) is -0.448. The molecule has 0 atom stereocenters. The van der Waals surface area contributed by atoms with Gasteiger partial charge >= 0.3 is 0 Å². The zero-order valence-electron chi connectivity index (χ0n) is 17.0. The number of aromatic nitrogens is 2. The molecule has 0 saturated carbocycles. The van der Waals surface area contributed by atoms with E-state index in [-0.39, 0.29) is 16.7 Å². The van der Waals surface area contributed by atoms with Crippen LogP contribution in [0.3, 0.4) is 0 Å². The van der Waals surface area contributed by atoms with Crippen LogP contribution in [-0.4, -0.2) is 26.8 Å². The van der Waals surface area contributed by atoms with Gasteiger partial charge in [0.2, 0.25) is 0 Å². The standard InChI is InChI=1S/C25H15ClN4O2S/c26-22-17(23(31)16-5-2-1-3-6-16)7-4-8-19(22)29-25-30-24(32)21(33-25)14-15-9-10-18-20(13-15)28-12-11-27-18/h1-14H,(H,29,30,32). The molecule has 0 aliphatic carbocycles. The van der Waals surface area contributed by atoms with Crippen molar-refractivity contribution in [2.45, 2.75) is 0 Å². The first-order valence-electron chi connectivity index (χ1n) is 9.97. The lowest BCUT2D eigenvalue weighted by Gasteiger charge is -2.06. The van der Waals surface area contributed by atoms with Gasteiger partial charge in [-0.05, 0) is 47.7 Å². The third-order valence-electron chi connectivity index (χ3n) is 4.92. The number of benzene rings is 3. The van der Waals surface area contributed by atoms with Gasteiger partial charge in [0.25, 0.3) is 5.91 Å². The number of ketones is 1. The highest BCUT2D eigenvalue weighted by Crippen LogP contribution is 2.33. The van der Waals surface area contributed by atoms with Gasteiger partial charge in [-0.2, -0.15) is 0 Å². The molecule has 1 N–H and O–H groups in total. The van der Waals surface area contributed by atoms with E-state index in [1.807, 2.05) is 24.3 Å². The Morgan fingerprint density at radius 3 is 2.58 bits per heavy atom. The van der Waals surface area contributed by atoms with E-state index in [0.29, 0.717) is 26.9 Å². The van der Waals surface area contributed by atoms with Crippen molar-refractivity contribution in [3.8, 4) is 0 Å². The van der Waals surface area contributed by atoms with E-state index in [1.165, 1.54) is 11.8 Å². The van der Waals surface area contributed by atoms with Gasteiger partial charge in [-0.25, -0.2) is 4.99 Å². The van der Waals surface area contributed by atoms with Crippen LogP contribution in [0.25, 0.3) is 17.1 Å². The zero-order valence-corrected chi connectivity index (χ0v) is 18.6. The maximum absolute atomic E-state index is 12.8. The fourth-order valence-electron chi connectivity index (χ4n) is 3.34. The van der Waals surface area contributed by atoms with Gasteiger partial charge in [0.1, 0.15) is 0 Å². The monoisotopic (exact) mass is 470 g/mol. The fourth-order valence-corrected chi connectivity index (χ4v) is 4.43. The van der Waals surface area contributed by atoms with Crippen LogP contribution in [0.4, 0.5) is 5.69 Å². The number of fused-ring (bicyclic) bond motifs is 1. The topological polar surface area (TPSA) is 84.3 Å². The molecule has 160 valence electrons. The Morgan fingerprint density at radius 1 is 0.970 bits per heavy atom. The van der Waals surface area contributed by atoms with Gasteiger partial charge in [0, 0.05) is 23.5 Å². The van der Waals surface area contributed by atoms with Gasteiger partial charge in [0.15, 0.2) is 11.0 Å². The van der Waals surface area contributed by atoms with Crippen molar-refractivity contribution >= 4 is 63.0 Å². The molecule has 3 aromatic carbocycles. The minimum Gasteiger partial charge on any atom is -0.300 e.